The van der Waals surface area contributed by atoms with Crippen molar-refractivity contribution in [3.63, 3.8) is 0 Å². The number of nitrogens with zero attached hydrogens (tertiary/aromatic N) is 2. The minimum Gasteiger partial charge on any atom is -0.504 e. The second-order valence-electron chi connectivity index (χ2n) is 5.54. The van der Waals surface area contributed by atoms with Crippen molar-refractivity contribution in [3.8, 4) is 45.5 Å². The van der Waals surface area contributed by atoms with Crippen LogP contribution < -0.4 is 14.2 Å². The van der Waals surface area contributed by atoms with E-state index >= 15 is 0 Å². The molecule has 0 saturated carbocycles. The monoisotopic (exact) mass is 340 g/mol. The zero-order chi connectivity index (χ0) is 18.0. The highest BCUT2D eigenvalue weighted by molar-refractivity contribution is 5.80. The summed E-state index contributed by atoms with van der Waals surface area (Å²) in [5, 5.41) is 10.1. The molecule has 0 radical (unpaired) electrons. The van der Waals surface area contributed by atoms with Crippen molar-refractivity contribution in [1.82, 2.24) is 9.55 Å². The fourth-order valence-electron chi connectivity index (χ4n) is 2.76. The first-order valence-electron chi connectivity index (χ1n) is 7.69. The number of aromatic nitrogens is 2. The fraction of sp³-hybridized carbons (Fsp3) is 0.211. The van der Waals surface area contributed by atoms with Crippen LogP contribution in [-0.4, -0.2) is 36.0 Å². The van der Waals surface area contributed by atoms with E-state index in [-0.39, 0.29) is 5.75 Å². The third-order valence-corrected chi connectivity index (χ3v) is 4.01. The predicted molar refractivity (Wildman–Crippen MR) is 95.4 cm³/mol. The summed E-state index contributed by atoms with van der Waals surface area (Å²) in [7, 11) is 6.67. The highest BCUT2D eigenvalue weighted by Gasteiger charge is 2.16. The zero-order valence-corrected chi connectivity index (χ0v) is 14.6. The van der Waals surface area contributed by atoms with E-state index in [0.29, 0.717) is 17.2 Å². The molecule has 0 fully saturated rings. The fourth-order valence-corrected chi connectivity index (χ4v) is 2.76. The summed E-state index contributed by atoms with van der Waals surface area (Å²) < 4.78 is 17.8. The molecule has 6 nitrogen and oxygen atoms in total. The second-order valence-corrected chi connectivity index (χ2v) is 5.54. The van der Waals surface area contributed by atoms with Crippen molar-refractivity contribution in [2.45, 2.75) is 0 Å². The molecule has 1 N–H and O–H groups in total. The zero-order valence-electron chi connectivity index (χ0n) is 14.6. The Morgan fingerprint density at radius 1 is 0.880 bits per heavy atom. The maximum Gasteiger partial charge on any atom is 0.160 e. The molecular formula is C19H20N2O4. The minimum atomic E-state index is 0.0693. The van der Waals surface area contributed by atoms with Gasteiger partial charge in [-0.3, -0.25) is 0 Å². The molecule has 2 aromatic carbocycles. The predicted octanol–water partition coefficient (Wildman–Crippen LogP) is 3.49. The number of hydrogen-bond donors (Lipinski definition) is 1. The number of aromatic hydroxyl groups is 1. The smallest absolute Gasteiger partial charge is 0.160 e. The number of aryl methyl sites for hydroxylation is 1. The Morgan fingerprint density at radius 2 is 1.56 bits per heavy atom. The molecule has 0 aliphatic heterocycles. The summed E-state index contributed by atoms with van der Waals surface area (Å²) in [6.45, 7) is 0. The van der Waals surface area contributed by atoms with Gasteiger partial charge < -0.3 is 23.9 Å². The van der Waals surface area contributed by atoms with Gasteiger partial charge in [0.15, 0.2) is 11.5 Å². The molecule has 0 bridgehead atoms. The topological polar surface area (TPSA) is 65.7 Å². The molecule has 0 aliphatic rings. The molecule has 0 saturated heterocycles. The molecule has 6 heteroatoms. The molecule has 0 amide bonds. The number of phenolic OH excluding ortho intramolecular Hbond substituents is 1. The number of methoxy groups -OCH3 is 3. The lowest BCUT2D eigenvalue weighted by Crippen LogP contribution is -1.94. The Hall–Kier alpha value is -3.15. The summed E-state index contributed by atoms with van der Waals surface area (Å²) in [5.74, 6) is 1.88. The van der Waals surface area contributed by atoms with E-state index in [2.05, 4.69) is 4.98 Å². The second kappa shape index (κ2) is 6.76. The van der Waals surface area contributed by atoms with Crippen LogP contribution in [0.25, 0.3) is 22.5 Å². The minimum absolute atomic E-state index is 0.0693. The number of benzene rings is 2. The van der Waals surface area contributed by atoms with E-state index < -0.39 is 0 Å². The molecule has 3 aromatic rings. The summed E-state index contributed by atoms with van der Waals surface area (Å²) in [5.41, 5.74) is 3.33. The van der Waals surface area contributed by atoms with E-state index in [9.17, 15) is 5.11 Å². The van der Waals surface area contributed by atoms with E-state index in [1.807, 2.05) is 35.9 Å². The van der Waals surface area contributed by atoms with Crippen molar-refractivity contribution in [3.05, 3.63) is 42.7 Å². The van der Waals surface area contributed by atoms with Crippen molar-refractivity contribution in [2.75, 3.05) is 21.3 Å². The van der Waals surface area contributed by atoms with Crippen LogP contribution in [-0.2, 0) is 7.05 Å². The van der Waals surface area contributed by atoms with Gasteiger partial charge in [-0.2, -0.15) is 0 Å². The first-order valence-corrected chi connectivity index (χ1v) is 7.69. The van der Waals surface area contributed by atoms with Crippen LogP contribution in [0.3, 0.4) is 0 Å². The Balaban J connectivity index is 2.16. The van der Waals surface area contributed by atoms with Gasteiger partial charge in [0.1, 0.15) is 11.5 Å². The Bertz CT molecular complexity index is 880. The molecule has 0 unspecified atom stereocenters. The largest absolute Gasteiger partial charge is 0.504 e. The maximum absolute atomic E-state index is 10.1. The molecule has 0 aliphatic carbocycles. The number of rotatable bonds is 5. The molecule has 1 aromatic heterocycles. The normalized spacial score (nSPS) is 10.6. The highest BCUT2D eigenvalue weighted by Crippen LogP contribution is 2.37. The number of hydrogen-bond acceptors (Lipinski definition) is 5. The molecule has 130 valence electrons. The van der Waals surface area contributed by atoms with Gasteiger partial charge in [0.2, 0.25) is 0 Å². The summed E-state index contributed by atoms with van der Waals surface area (Å²) in [4.78, 5) is 4.50. The average Bonchev–Trinajstić information content (AvgIpc) is 3.02. The number of imidazole rings is 1. The SMILES string of the molecule is COc1cc(OC)cc(-c2c(-c3ccc(OC)c(O)c3)ncn2C)c1. The van der Waals surface area contributed by atoms with Crippen molar-refractivity contribution < 1.29 is 19.3 Å². The third kappa shape index (κ3) is 3.10. The van der Waals surface area contributed by atoms with E-state index in [1.54, 1.807) is 32.7 Å². The lowest BCUT2D eigenvalue weighted by Gasteiger charge is -2.11. The highest BCUT2D eigenvalue weighted by atomic mass is 16.5. The van der Waals surface area contributed by atoms with Gasteiger partial charge in [0.25, 0.3) is 0 Å². The molecule has 1 heterocycles. The molecule has 0 atom stereocenters. The standard InChI is InChI=1S/C19H20N2O4/c1-21-11-20-18(12-5-6-17(25-4)16(22)9-12)19(21)13-7-14(23-2)10-15(8-13)24-3/h5-11,22H,1-4H3. The lowest BCUT2D eigenvalue weighted by molar-refractivity contribution is 0.373. The van der Waals surface area contributed by atoms with Crippen LogP contribution >= 0.6 is 0 Å². The number of ether oxygens (including phenoxy) is 3. The average molecular weight is 340 g/mol. The van der Waals surface area contributed by atoms with Gasteiger partial charge in [-0.05, 0) is 30.3 Å². The summed E-state index contributed by atoms with van der Waals surface area (Å²) in [6, 6.07) is 10.9. The molecule has 3 rings (SSSR count). The Morgan fingerprint density at radius 3 is 2.12 bits per heavy atom. The van der Waals surface area contributed by atoms with Gasteiger partial charge >= 0.3 is 0 Å². The molecular weight excluding hydrogens is 320 g/mol. The first kappa shape index (κ1) is 16.7. The molecule has 25 heavy (non-hydrogen) atoms. The quantitative estimate of drug-likeness (QED) is 0.770. The van der Waals surface area contributed by atoms with Crippen LogP contribution in [0.1, 0.15) is 0 Å². The van der Waals surface area contributed by atoms with Crippen molar-refractivity contribution >= 4 is 0 Å². The van der Waals surface area contributed by atoms with Crippen LogP contribution in [0.15, 0.2) is 42.7 Å². The van der Waals surface area contributed by atoms with Gasteiger partial charge in [-0.25, -0.2) is 4.98 Å². The van der Waals surface area contributed by atoms with Crippen LogP contribution in [0.5, 0.6) is 23.0 Å². The number of phenols is 1. The van der Waals surface area contributed by atoms with Gasteiger partial charge in [0.05, 0.1) is 39.0 Å². The van der Waals surface area contributed by atoms with E-state index in [1.165, 1.54) is 7.11 Å². The van der Waals surface area contributed by atoms with Gasteiger partial charge in [-0.15, -0.1) is 0 Å². The van der Waals surface area contributed by atoms with Crippen LogP contribution in [0, 0.1) is 0 Å². The van der Waals surface area contributed by atoms with Gasteiger partial charge in [0, 0.05) is 24.2 Å². The van der Waals surface area contributed by atoms with Crippen molar-refractivity contribution in [1.29, 1.82) is 0 Å². The van der Waals surface area contributed by atoms with Crippen molar-refractivity contribution in [2.24, 2.45) is 7.05 Å². The maximum atomic E-state index is 10.1. The third-order valence-electron chi connectivity index (χ3n) is 4.01. The first-order chi connectivity index (χ1) is 12.1. The Kier molecular flexibility index (Phi) is 4.52. The summed E-state index contributed by atoms with van der Waals surface area (Å²) >= 11 is 0. The van der Waals surface area contributed by atoms with Gasteiger partial charge in [-0.1, -0.05) is 0 Å². The van der Waals surface area contributed by atoms with E-state index in [4.69, 9.17) is 14.2 Å². The lowest BCUT2D eigenvalue weighted by atomic mass is 10.0. The van der Waals surface area contributed by atoms with Crippen LogP contribution in [0.4, 0.5) is 0 Å². The van der Waals surface area contributed by atoms with Crippen LogP contribution in [0.2, 0.25) is 0 Å². The Labute approximate surface area is 146 Å². The van der Waals surface area contributed by atoms with E-state index in [0.717, 1.165) is 22.5 Å². The molecule has 0 spiro atoms. The summed E-state index contributed by atoms with van der Waals surface area (Å²) in [6.07, 6.45) is 1.73.